The van der Waals surface area contributed by atoms with Crippen molar-refractivity contribution < 1.29 is 9.47 Å². The SMILES string of the molecule is CC(C)c1cc(OCCc2ccccc2)c(I)cc1Oc1cnc(N)nc1N. The zero-order valence-electron chi connectivity index (χ0n) is 15.9. The maximum atomic E-state index is 6.05. The number of halogens is 1. The van der Waals surface area contributed by atoms with E-state index in [4.69, 9.17) is 20.9 Å². The molecule has 3 aromatic rings. The zero-order valence-corrected chi connectivity index (χ0v) is 18.0. The van der Waals surface area contributed by atoms with Crippen LogP contribution in [0, 0.1) is 3.57 Å². The van der Waals surface area contributed by atoms with Crippen molar-refractivity contribution >= 4 is 34.4 Å². The molecule has 146 valence electrons. The molecule has 1 aromatic heterocycles. The van der Waals surface area contributed by atoms with E-state index >= 15 is 0 Å². The highest BCUT2D eigenvalue weighted by Crippen LogP contribution is 2.37. The van der Waals surface area contributed by atoms with Gasteiger partial charge < -0.3 is 20.9 Å². The number of nitrogens with two attached hydrogens (primary N) is 2. The topological polar surface area (TPSA) is 96.3 Å². The second-order valence-corrected chi connectivity index (χ2v) is 7.80. The van der Waals surface area contributed by atoms with E-state index in [9.17, 15) is 0 Å². The summed E-state index contributed by atoms with van der Waals surface area (Å²) in [6.45, 7) is 4.81. The minimum atomic E-state index is 0.116. The maximum Gasteiger partial charge on any atom is 0.222 e. The number of anilines is 2. The molecule has 6 nitrogen and oxygen atoms in total. The molecule has 3 rings (SSSR count). The Kier molecular flexibility index (Phi) is 6.56. The van der Waals surface area contributed by atoms with E-state index in [-0.39, 0.29) is 17.7 Å². The number of nitrogens with zero attached hydrogens (tertiary/aromatic N) is 2. The molecule has 0 atom stereocenters. The van der Waals surface area contributed by atoms with Gasteiger partial charge in [0.2, 0.25) is 5.95 Å². The molecule has 0 unspecified atom stereocenters. The smallest absolute Gasteiger partial charge is 0.222 e. The summed E-state index contributed by atoms with van der Waals surface area (Å²) in [5.41, 5.74) is 13.7. The van der Waals surface area contributed by atoms with Crippen LogP contribution in [0.2, 0.25) is 0 Å². The van der Waals surface area contributed by atoms with Gasteiger partial charge in [0.25, 0.3) is 0 Å². The molecule has 0 aliphatic heterocycles. The monoisotopic (exact) mass is 490 g/mol. The van der Waals surface area contributed by atoms with Gasteiger partial charge in [-0.1, -0.05) is 44.2 Å². The van der Waals surface area contributed by atoms with Gasteiger partial charge in [0.05, 0.1) is 16.4 Å². The molecule has 0 fully saturated rings. The molecule has 1 heterocycles. The van der Waals surface area contributed by atoms with Crippen LogP contribution in [-0.4, -0.2) is 16.6 Å². The maximum absolute atomic E-state index is 6.05. The number of ether oxygens (including phenoxy) is 2. The Labute approximate surface area is 178 Å². The van der Waals surface area contributed by atoms with Gasteiger partial charge in [-0.2, -0.15) is 4.98 Å². The first kappa shape index (κ1) is 20.2. The van der Waals surface area contributed by atoms with Gasteiger partial charge in [-0.15, -0.1) is 0 Å². The second-order valence-electron chi connectivity index (χ2n) is 6.64. The Morgan fingerprint density at radius 1 is 1.04 bits per heavy atom. The van der Waals surface area contributed by atoms with Crippen molar-refractivity contribution in [2.75, 3.05) is 18.1 Å². The summed E-state index contributed by atoms with van der Waals surface area (Å²) in [7, 11) is 0. The lowest BCUT2D eigenvalue weighted by Crippen LogP contribution is -2.05. The summed E-state index contributed by atoms with van der Waals surface area (Å²) >= 11 is 2.25. The van der Waals surface area contributed by atoms with Crippen LogP contribution in [-0.2, 0) is 6.42 Å². The standard InChI is InChI=1S/C21H23IN4O2/c1-13(2)15-10-18(27-9-8-14-6-4-3-5-7-14)16(22)11-17(15)28-19-12-25-21(24)26-20(19)23/h3-7,10-13H,8-9H2,1-2H3,(H4,23,24,25,26). The van der Waals surface area contributed by atoms with Crippen molar-refractivity contribution in [2.45, 2.75) is 26.2 Å². The molecule has 28 heavy (non-hydrogen) atoms. The van der Waals surface area contributed by atoms with E-state index in [0.29, 0.717) is 18.1 Å². The minimum absolute atomic E-state index is 0.116. The summed E-state index contributed by atoms with van der Waals surface area (Å²) in [5.74, 6) is 2.49. The Morgan fingerprint density at radius 3 is 2.46 bits per heavy atom. The van der Waals surface area contributed by atoms with Gasteiger partial charge in [-0.3, -0.25) is 0 Å². The van der Waals surface area contributed by atoms with E-state index < -0.39 is 0 Å². The summed E-state index contributed by atoms with van der Waals surface area (Å²) in [6.07, 6.45) is 2.34. The molecule has 2 aromatic carbocycles. The second kappa shape index (κ2) is 9.09. The molecule has 0 saturated carbocycles. The summed E-state index contributed by atoms with van der Waals surface area (Å²) in [6, 6.07) is 14.3. The van der Waals surface area contributed by atoms with Gasteiger partial charge in [-0.25, -0.2) is 4.98 Å². The zero-order chi connectivity index (χ0) is 20.1. The third kappa shape index (κ3) is 5.03. The molecule has 7 heteroatoms. The third-order valence-corrected chi connectivity index (χ3v) is 5.04. The van der Waals surface area contributed by atoms with Crippen LogP contribution in [0.15, 0.2) is 48.7 Å². The predicted octanol–water partition coefficient (Wildman–Crippen LogP) is 4.78. The molecule has 0 aliphatic rings. The van der Waals surface area contributed by atoms with Gasteiger partial charge >= 0.3 is 0 Å². The summed E-state index contributed by atoms with van der Waals surface area (Å²) < 4.78 is 13.0. The quantitative estimate of drug-likeness (QED) is 0.463. The molecule has 0 radical (unpaired) electrons. The molecule has 0 spiro atoms. The highest BCUT2D eigenvalue weighted by Gasteiger charge is 2.16. The summed E-state index contributed by atoms with van der Waals surface area (Å²) in [4.78, 5) is 7.90. The molecular weight excluding hydrogens is 467 g/mol. The van der Waals surface area contributed by atoms with Crippen LogP contribution in [0.4, 0.5) is 11.8 Å². The molecule has 0 amide bonds. The van der Waals surface area contributed by atoms with Gasteiger partial charge in [-0.05, 0) is 46.2 Å². The number of benzene rings is 2. The van der Waals surface area contributed by atoms with Gasteiger partial charge in [0.15, 0.2) is 11.6 Å². The Hall–Kier alpha value is -2.55. The van der Waals surface area contributed by atoms with E-state index in [1.807, 2.05) is 30.3 Å². The Balaban J connectivity index is 1.79. The predicted molar refractivity (Wildman–Crippen MR) is 120 cm³/mol. The molecule has 0 bridgehead atoms. The van der Waals surface area contributed by atoms with Crippen LogP contribution in [0.25, 0.3) is 0 Å². The van der Waals surface area contributed by atoms with Crippen molar-refractivity contribution in [3.05, 3.63) is 63.4 Å². The Morgan fingerprint density at radius 2 is 1.79 bits per heavy atom. The normalized spacial score (nSPS) is 10.9. The first-order valence-corrected chi connectivity index (χ1v) is 10.1. The van der Waals surface area contributed by atoms with E-state index in [1.54, 1.807) is 0 Å². The van der Waals surface area contributed by atoms with Crippen LogP contribution in [0.5, 0.6) is 17.2 Å². The van der Waals surface area contributed by atoms with E-state index in [1.165, 1.54) is 11.8 Å². The van der Waals surface area contributed by atoms with E-state index in [0.717, 1.165) is 21.3 Å². The fourth-order valence-corrected chi connectivity index (χ4v) is 3.31. The van der Waals surface area contributed by atoms with Crippen molar-refractivity contribution in [3.63, 3.8) is 0 Å². The highest BCUT2D eigenvalue weighted by atomic mass is 127. The average molecular weight is 490 g/mol. The fourth-order valence-electron chi connectivity index (χ4n) is 2.72. The van der Waals surface area contributed by atoms with Gasteiger partial charge in [0, 0.05) is 12.0 Å². The number of nitrogen functional groups attached to an aromatic ring is 2. The summed E-state index contributed by atoms with van der Waals surface area (Å²) in [5, 5.41) is 0. The number of aromatic nitrogens is 2. The molecular formula is C21H23IN4O2. The lowest BCUT2D eigenvalue weighted by Gasteiger charge is -2.18. The van der Waals surface area contributed by atoms with E-state index in [2.05, 4.69) is 58.5 Å². The van der Waals surface area contributed by atoms with Crippen molar-refractivity contribution in [1.29, 1.82) is 0 Å². The third-order valence-electron chi connectivity index (χ3n) is 4.20. The lowest BCUT2D eigenvalue weighted by molar-refractivity contribution is 0.318. The van der Waals surface area contributed by atoms with Crippen LogP contribution in [0.1, 0.15) is 30.9 Å². The minimum Gasteiger partial charge on any atom is -0.492 e. The van der Waals surface area contributed by atoms with Crippen LogP contribution < -0.4 is 20.9 Å². The number of hydrogen-bond acceptors (Lipinski definition) is 6. The number of hydrogen-bond donors (Lipinski definition) is 2. The lowest BCUT2D eigenvalue weighted by atomic mass is 10.0. The molecule has 4 N–H and O–H groups in total. The average Bonchev–Trinajstić information content (AvgIpc) is 2.66. The Bertz CT molecular complexity index is 949. The highest BCUT2D eigenvalue weighted by molar-refractivity contribution is 14.1. The molecule has 0 aliphatic carbocycles. The van der Waals surface area contributed by atoms with Crippen molar-refractivity contribution in [3.8, 4) is 17.2 Å². The van der Waals surface area contributed by atoms with Crippen LogP contribution in [0.3, 0.4) is 0 Å². The van der Waals surface area contributed by atoms with Crippen molar-refractivity contribution in [2.24, 2.45) is 0 Å². The first-order chi connectivity index (χ1) is 13.4. The van der Waals surface area contributed by atoms with Crippen LogP contribution >= 0.6 is 22.6 Å². The number of rotatable bonds is 7. The largest absolute Gasteiger partial charge is 0.492 e. The first-order valence-electron chi connectivity index (χ1n) is 9.00. The van der Waals surface area contributed by atoms with Gasteiger partial charge in [0.1, 0.15) is 11.5 Å². The fraction of sp³-hybridized carbons (Fsp3) is 0.238. The van der Waals surface area contributed by atoms with Crippen molar-refractivity contribution in [1.82, 2.24) is 9.97 Å². The molecule has 0 saturated heterocycles.